The summed E-state index contributed by atoms with van der Waals surface area (Å²) in [5.41, 5.74) is 0.723. The highest BCUT2D eigenvalue weighted by Crippen LogP contribution is 2.26. The van der Waals surface area contributed by atoms with E-state index in [1.807, 2.05) is 6.07 Å². The van der Waals surface area contributed by atoms with E-state index in [2.05, 4.69) is 10.0 Å². The molecule has 1 atom stereocenters. The molecule has 9 heteroatoms. The van der Waals surface area contributed by atoms with Crippen LogP contribution in [-0.4, -0.2) is 34.5 Å². The number of nitrogens with one attached hydrogen (secondary N) is 2. The van der Waals surface area contributed by atoms with E-state index in [1.54, 1.807) is 42.5 Å². The number of hydrogen-bond donors (Lipinski definition) is 3. The molecule has 0 aliphatic rings. The van der Waals surface area contributed by atoms with Gasteiger partial charge in [0.05, 0.1) is 11.5 Å². The van der Waals surface area contributed by atoms with Gasteiger partial charge < -0.3 is 10.4 Å². The number of rotatable bonds is 9. The Labute approximate surface area is 153 Å². The molecule has 26 heavy (non-hydrogen) atoms. The summed E-state index contributed by atoms with van der Waals surface area (Å²) < 4.78 is 2.71. The molecule has 2 rings (SSSR count). The molecule has 1 amide bonds. The van der Waals surface area contributed by atoms with Crippen molar-refractivity contribution in [2.45, 2.75) is 17.4 Å². The number of carbonyl (C=O) groups excluding carboxylic acids is 1. The van der Waals surface area contributed by atoms with Gasteiger partial charge in [-0.1, -0.05) is 42.5 Å². The fourth-order valence-corrected chi connectivity index (χ4v) is 2.92. The Kier molecular flexibility index (Phi) is 7.12. The fourth-order valence-electron chi connectivity index (χ4n) is 2.17. The highest BCUT2D eigenvalue weighted by atomic mass is 32.2. The van der Waals surface area contributed by atoms with Gasteiger partial charge in [-0.05, 0) is 23.6 Å². The van der Waals surface area contributed by atoms with Gasteiger partial charge in [0.2, 0.25) is 5.91 Å². The number of para-hydroxylation sites is 1. The molecule has 0 aliphatic heterocycles. The van der Waals surface area contributed by atoms with Gasteiger partial charge in [-0.2, -0.15) is 0 Å². The zero-order chi connectivity index (χ0) is 18.9. The van der Waals surface area contributed by atoms with Crippen LogP contribution in [0.2, 0.25) is 0 Å². The van der Waals surface area contributed by atoms with Crippen molar-refractivity contribution in [3.8, 4) is 0 Å². The summed E-state index contributed by atoms with van der Waals surface area (Å²) in [6, 6.07) is 14.0. The van der Waals surface area contributed by atoms with Gasteiger partial charge in [0.15, 0.2) is 0 Å². The van der Waals surface area contributed by atoms with Crippen molar-refractivity contribution in [1.29, 1.82) is 0 Å². The van der Waals surface area contributed by atoms with E-state index in [-0.39, 0.29) is 18.7 Å². The van der Waals surface area contributed by atoms with E-state index in [1.165, 1.54) is 6.07 Å². The summed E-state index contributed by atoms with van der Waals surface area (Å²) in [5.74, 6) is -1.65. The van der Waals surface area contributed by atoms with Crippen LogP contribution in [0.15, 0.2) is 59.5 Å². The number of carbonyl (C=O) groups is 2. The molecule has 136 valence electrons. The van der Waals surface area contributed by atoms with Gasteiger partial charge in [0.1, 0.15) is 10.9 Å². The lowest BCUT2D eigenvalue weighted by molar-refractivity contribution is -0.387. The summed E-state index contributed by atoms with van der Waals surface area (Å²) in [6.07, 6.45) is 0.166. The summed E-state index contributed by atoms with van der Waals surface area (Å²) >= 11 is 0.943. The van der Waals surface area contributed by atoms with Gasteiger partial charge in [-0.3, -0.25) is 19.6 Å². The van der Waals surface area contributed by atoms with Crippen LogP contribution in [0.4, 0.5) is 5.69 Å². The first-order chi connectivity index (χ1) is 12.5. The van der Waals surface area contributed by atoms with E-state index in [0.717, 1.165) is 17.5 Å². The maximum absolute atomic E-state index is 12.0. The predicted molar refractivity (Wildman–Crippen MR) is 96.7 cm³/mol. The van der Waals surface area contributed by atoms with Gasteiger partial charge in [0.25, 0.3) is 5.69 Å². The van der Waals surface area contributed by atoms with Crippen molar-refractivity contribution in [3.63, 3.8) is 0 Å². The van der Waals surface area contributed by atoms with E-state index in [0.29, 0.717) is 4.90 Å². The molecule has 3 N–H and O–H groups in total. The highest BCUT2D eigenvalue weighted by Gasteiger charge is 2.20. The number of aliphatic carboxylic acids is 1. The smallest absolute Gasteiger partial charge is 0.326 e. The molecule has 0 radical (unpaired) electrons. The monoisotopic (exact) mass is 375 g/mol. The summed E-state index contributed by atoms with van der Waals surface area (Å²) in [4.78, 5) is 34.1. The second kappa shape index (κ2) is 9.54. The Morgan fingerprint density at radius 1 is 1.12 bits per heavy atom. The maximum Gasteiger partial charge on any atom is 0.326 e. The van der Waals surface area contributed by atoms with Crippen LogP contribution in [0.25, 0.3) is 0 Å². The fraction of sp³-hybridized carbons (Fsp3) is 0.176. The lowest BCUT2D eigenvalue weighted by Crippen LogP contribution is -2.45. The maximum atomic E-state index is 12.0. The molecule has 0 unspecified atom stereocenters. The Balaban J connectivity index is 1.87. The summed E-state index contributed by atoms with van der Waals surface area (Å²) in [6.45, 7) is -0.185. The number of carboxylic acids is 1. The van der Waals surface area contributed by atoms with E-state index in [4.69, 9.17) is 0 Å². The Hall–Kier alpha value is -2.91. The highest BCUT2D eigenvalue weighted by molar-refractivity contribution is 7.97. The number of hydrogen-bond acceptors (Lipinski definition) is 6. The van der Waals surface area contributed by atoms with Crippen LogP contribution < -0.4 is 10.0 Å². The number of nitrogens with zero attached hydrogens (tertiary/aromatic N) is 1. The zero-order valence-corrected chi connectivity index (χ0v) is 14.4. The molecule has 0 heterocycles. The Morgan fingerprint density at radius 3 is 2.42 bits per heavy atom. The third-order valence-electron chi connectivity index (χ3n) is 3.39. The van der Waals surface area contributed by atoms with Crippen LogP contribution >= 0.6 is 11.9 Å². The van der Waals surface area contributed by atoms with Crippen molar-refractivity contribution in [1.82, 2.24) is 10.0 Å². The summed E-state index contributed by atoms with van der Waals surface area (Å²) in [5, 5.41) is 22.6. The van der Waals surface area contributed by atoms with Crippen LogP contribution in [0.1, 0.15) is 5.56 Å². The van der Waals surface area contributed by atoms with Gasteiger partial charge in [0, 0.05) is 12.5 Å². The van der Waals surface area contributed by atoms with Gasteiger partial charge in [-0.25, -0.2) is 4.79 Å². The Morgan fingerprint density at radius 2 is 1.77 bits per heavy atom. The van der Waals surface area contributed by atoms with Crippen molar-refractivity contribution in [2.24, 2.45) is 0 Å². The third-order valence-corrected chi connectivity index (χ3v) is 4.25. The second-order valence-corrected chi connectivity index (χ2v) is 6.23. The second-order valence-electron chi connectivity index (χ2n) is 5.30. The lowest BCUT2D eigenvalue weighted by atomic mass is 10.1. The molecule has 0 saturated heterocycles. The summed E-state index contributed by atoms with van der Waals surface area (Å²) in [7, 11) is 0. The number of nitro groups is 1. The van der Waals surface area contributed by atoms with Crippen molar-refractivity contribution < 1.29 is 19.6 Å². The predicted octanol–water partition coefficient (Wildman–Crippen LogP) is 2.00. The average molecular weight is 375 g/mol. The molecule has 2 aromatic carbocycles. The SMILES string of the molecule is O=C(CNSc1ccccc1[N+](=O)[O-])N[C@@H](Cc1ccccc1)C(=O)O. The first kappa shape index (κ1) is 19.4. The molecular weight excluding hydrogens is 358 g/mol. The van der Waals surface area contributed by atoms with Crippen LogP contribution in [0.3, 0.4) is 0 Å². The molecule has 2 aromatic rings. The normalized spacial score (nSPS) is 11.5. The van der Waals surface area contributed by atoms with E-state index in [9.17, 15) is 24.8 Å². The molecule has 0 fully saturated rings. The minimum atomic E-state index is -1.13. The molecular formula is C17H17N3O5S. The number of nitro benzene ring substituents is 1. The van der Waals surface area contributed by atoms with Crippen LogP contribution in [0, 0.1) is 10.1 Å². The molecule has 0 bridgehead atoms. The standard InChI is InChI=1S/C17H17N3O5S/c21-16(11-18-26-15-9-5-4-8-14(15)20(24)25)19-13(17(22)23)10-12-6-2-1-3-7-12/h1-9,13,18H,10-11H2,(H,19,21)(H,22,23)/t13-/m0/s1. The van der Waals surface area contributed by atoms with Gasteiger partial charge in [-0.15, -0.1) is 0 Å². The minimum absolute atomic E-state index is 0.0714. The molecule has 8 nitrogen and oxygen atoms in total. The van der Waals surface area contributed by atoms with Crippen LogP contribution in [0.5, 0.6) is 0 Å². The van der Waals surface area contributed by atoms with Crippen molar-refractivity contribution >= 4 is 29.5 Å². The topological polar surface area (TPSA) is 122 Å². The minimum Gasteiger partial charge on any atom is -0.480 e. The molecule has 0 aliphatic carbocycles. The quantitative estimate of drug-likeness (QED) is 0.348. The zero-order valence-electron chi connectivity index (χ0n) is 13.6. The van der Waals surface area contributed by atoms with Gasteiger partial charge >= 0.3 is 5.97 Å². The number of amides is 1. The first-order valence-electron chi connectivity index (χ1n) is 7.66. The number of carboxylic acid groups (broad SMARTS) is 1. The average Bonchev–Trinajstić information content (AvgIpc) is 2.62. The largest absolute Gasteiger partial charge is 0.480 e. The Bertz CT molecular complexity index is 785. The lowest BCUT2D eigenvalue weighted by Gasteiger charge is -2.14. The van der Waals surface area contributed by atoms with E-state index < -0.39 is 22.8 Å². The van der Waals surface area contributed by atoms with E-state index >= 15 is 0 Å². The molecule has 0 aromatic heterocycles. The third kappa shape index (κ3) is 5.87. The molecule has 0 spiro atoms. The first-order valence-corrected chi connectivity index (χ1v) is 8.48. The van der Waals surface area contributed by atoms with Crippen molar-refractivity contribution in [2.75, 3.05) is 6.54 Å². The molecule has 0 saturated carbocycles. The van der Waals surface area contributed by atoms with Crippen molar-refractivity contribution in [3.05, 3.63) is 70.3 Å². The number of benzene rings is 2. The van der Waals surface area contributed by atoms with Crippen LogP contribution in [-0.2, 0) is 16.0 Å².